The van der Waals surface area contributed by atoms with Crippen molar-refractivity contribution in [3.05, 3.63) is 0 Å². The molecule has 0 heterocycles. The maximum Gasteiger partial charge on any atom is 0.408 e. The summed E-state index contributed by atoms with van der Waals surface area (Å²) < 4.78 is 11.3. The first-order valence-corrected chi connectivity index (χ1v) is 15.8. The molecule has 2 saturated carbocycles. The van der Waals surface area contributed by atoms with Gasteiger partial charge >= 0.3 is 12.1 Å². The van der Waals surface area contributed by atoms with E-state index in [9.17, 15) is 14.4 Å². The van der Waals surface area contributed by atoms with Gasteiger partial charge in [-0.15, -0.1) is 0 Å². The van der Waals surface area contributed by atoms with E-state index in [1.54, 1.807) is 20.8 Å². The quantitative estimate of drug-likeness (QED) is 0.113. The molecule has 0 aromatic carbocycles. The average molecular weight is 565 g/mol. The second kappa shape index (κ2) is 17.5. The molecular weight excluding hydrogens is 508 g/mol. The SMILES string of the molecule is CCCCC[C@@H](NC(=O)[C@H](CC(C)C)NC(=O)OC(C)(C)C)C(=O)O/C(=N\C1CCCCC1)NC1CCCCC1. The lowest BCUT2D eigenvalue weighted by molar-refractivity contribution is -0.141. The van der Waals surface area contributed by atoms with Gasteiger partial charge in [0.15, 0.2) is 0 Å². The molecule has 0 bridgehead atoms. The van der Waals surface area contributed by atoms with E-state index in [0.717, 1.165) is 70.6 Å². The van der Waals surface area contributed by atoms with E-state index in [-0.39, 0.29) is 18.0 Å². The molecule has 2 amide bonds. The Hall–Kier alpha value is -2.32. The van der Waals surface area contributed by atoms with Gasteiger partial charge in [0.2, 0.25) is 5.91 Å². The molecule has 0 aliphatic heterocycles. The molecule has 2 fully saturated rings. The summed E-state index contributed by atoms with van der Waals surface area (Å²) in [4.78, 5) is 44.3. The highest BCUT2D eigenvalue weighted by Gasteiger charge is 2.31. The molecule has 0 aromatic heterocycles. The Morgan fingerprint density at radius 1 is 0.875 bits per heavy atom. The second-order valence-corrected chi connectivity index (χ2v) is 13.0. The van der Waals surface area contributed by atoms with Crippen molar-refractivity contribution in [2.24, 2.45) is 10.9 Å². The lowest BCUT2D eigenvalue weighted by Gasteiger charge is -2.27. The summed E-state index contributed by atoms with van der Waals surface area (Å²) in [7, 11) is 0. The van der Waals surface area contributed by atoms with E-state index in [4.69, 9.17) is 14.5 Å². The first-order valence-electron chi connectivity index (χ1n) is 15.8. The molecule has 2 aliphatic carbocycles. The van der Waals surface area contributed by atoms with Gasteiger partial charge in [-0.2, -0.15) is 0 Å². The number of amides is 2. The zero-order valence-corrected chi connectivity index (χ0v) is 26.0. The fourth-order valence-corrected chi connectivity index (χ4v) is 5.33. The molecule has 230 valence electrons. The van der Waals surface area contributed by atoms with Crippen LogP contribution in [-0.2, 0) is 19.1 Å². The number of ether oxygens (including phenoxy) is 2. The van der Waals surface area contributed by atoms with Crippen LogP contribution in [0.2, 0.25) is 0 Å². The number of alkyl carbamates (subject to hydrolysis) is 1. The van der Waals surface area contributed by atoms with Crippen molar-refractivity contribution in [2.75, 3.05) is 0 Å². The average Bonchev–Trinajstić information content (AvgIpc) is 2.87. The standard InChI is InChI=1S/C31H56N4O5/c1-7-8-11-20-25(34-27(36)26(21-22(2)3)35-30(38)40-31(4,5)6)28(37)39-29(32-23-16-12-9-13-17-23)33-24-18-14-10-15-19-24/h22-26H,7-21H2,1-6H3,(H,32,33)(H,34,36)(H,35,38)/t25-,26+/m1/s1. The van der Waals surface area contributed by atoms with Crippen LogP contribution >= 0.6 is 0 Å². The van der Waals surface area contributed by atoms with Crippen molar-refractivity contribution in [1.82, 2.24) is 16.0 Å². The summed E-state index contributed by atoms with van der Waals surface area (Å²) in [5.74, 6) is -0.781. The largest absolute Gasteiger partial charge is 0.444 e. The third kappa shape index (κ3) is 13.8. The van der Waals surface area contributed by atoms with Crippen molar-refractivity contribution in [2.45, 2.75) is 168 Å². The van der Waals surface area contributed by atoms with Crippen LogP contribution in [0.15, 0.2) is 4.99 Å². The number of aliphatic imine (C=N–C) groups is 1. The Kier molecular flexibility index (Phi) is 14.8. The van der Waals surface area contributed by atoms with Crippen LogP contribution in [0, 0.1) is 5.92 Å². The number of esters is 1. The topological polar surface area (TPSA) is 118 Å². The van der Waals surface area contributed by atoms with Crippen LogP contribution in [0.5, 0.6) is 0 Å². The number of carbonyl (C=O) groups is 3. The van der Waals surface area contributed by atoms with Gasteiger partial charge in [-0.05, 0) is 65.2 Å². The Morgan fingerprint density at radius 3 is 2.08 bits per heavy atom. The van der Waals surface area contributed by atoms with Gasteiger partial charge in [0.25, 0.3) is 6.02 Å². The number of rotatable bonds is 12. The van der Waals surface area contributed by atoms with Crippen molar-refractivity contribution >= 4 is 24.0 Å². The number of carbonyl (C=O) groups excluding carboxylic acids is 3. The minimum absolute atomic E-state index is 0.144. The number of nitrogens with zero attached hydrogens (tertiary/aromatic N) is 1. The molecule has 9 nitrogen and oxygen atoms in total. The normalized spacial score (nSPS) is 19.0. The van der Waals surface area contributed by atoms with Crippen molar-refractivity contribution in [3.8, 4) is 0 Å². The van der Waals surface area contributed by atoms with Crippen LogP contribution in [0.1, 0.15) is 138 Å². The van der Waals surface area contributed by atoms with Crippen molar-refractivity contribution < 1.29 is 23.9 Å². The van der Waals surface area contributed by atoms with E-state index in [1.807, 2.05) is 13.8 Å². The monoisotopic (exact) mass is 564 g/mol. The van der Waals surface area contributed by atoms with E-state index >= 15 is 0 Å². The van der Waals surface area contributed by atoms with Gasteiger partial charge in [-0.3, -0.25) is 4.79 Å². The third-order valence-corrected chi connectivity index (χ3v) is 7.42. The molecule has 3 N–H and O–H groups in total. The van der Waals surface area contributed by atoms with Gasteiger partial charge in [-0.1, -0.05) is 78.6 Å². The zero-order valence-electron chi connectivity index (χ0n) is 26.0. The van der Waals surface area contributed by atoms with Gasteiger partial charge in [0.05, 0.1) is 6.04 Å². The number of hydrogen-bond donors (Lipinski definition) is 3. The van der Waals surface area contributed by atoms with Crippen LogP contribution in [-0.4, -0.2) is 53.8 Å². The summed E-state index contributed by atoms with van der Waals surface area (Å²) in [5.41, 5.74) is -0.686. The fraction of sp³-hybridized carbons (Fsp3) is 0.871. The van der Waals surface area contributed by atoms with Crippen LogP contribution in [0.3, 0.4) is 0 Å². The predicted molar refractivity (Wildman–Crippen MR) is 159 cm³/mol. The second-order valence-electron chi connectivity index (χ2n) is 13.0. The molecule has 0 radical (unpaired) electrons. The third-order valence-electron chi connectivity index (χ3n) is 7.42. The number of nitrogens with one attached hydrogen (secondary N) is 3. The van der Waals surface area contributed by atoms with Crippen LogP contribution in [0.4, 0.5) is 4.79 Å². The van der Waals surface area contributed by atoms with Crippen LogP contribution < -0.4 is 16.0 Å². The molecule has 2 aliphatic rings. The first-order chi connectivity index (χ1) is 19.0. The predicted octanol–water partition coefficient (Wildman–Crippen LogP) is 6.15. The minimum atomic E-state index is -0.834. The summed E-state index contributed by atoms with van der Waals surface area (Å²) in [5, 5.41) is 9.03. The van der Waals surface area contributed by atoms with Gasteiger partial charge in [0, 0.05) is 6.04 Å². The highest BCUT2D eigenvalue weighted by molar-refractivity contribution is 5.94. The Labute approximate surface area is 242 Å². The summed E-state index contributed by atoms with van der Waals surface area (Å²) >= 11 is 0. The lowest BCUT2D eigenvalue weighted by Crippen LogP contribution is -2.53. The highest BCUT2D eigenvalue weighted by atomic mass is 16.6. The number of amidine groups is 1. The number of hydrogen-bond acceptors (Lipinski definition) is 6. The Morgan fingerprint density at radius 2 is 1.50 bits per heavy atom. The Bertz CT molecular complexity index is 811. The molecule has 2 rings (SSSR count). The highest BCUT2D eigenvalue weighted by Crippen LogP contribution is 2.22. The van der Waals surface area contributed by atoms with E-state index in [2.05, 4.69) is 22.9 Å². The van der Waals surface area contributed by atoms with E-state index in [1.165, 1.54) is 12.8 Å². The van der Waals surface area contributed by atoms with Gasteiger partial charge in [0.1, 0.15) is 17.7 Å². The number of unbranched alkanes of at least 4 members (excludes halogenated alkanes) is 2. The zero-order chi connectivity index (χ0) is 29.5. The molecule has 2 atom stereocenters. The summed E-state index contributed by atoms with van der Waals surface area (Å²) in [6, 6.07) is -0.977. The maximum atomic E-state index is 13.6. The minimum Gasteiger partial charge on any atom is -0.444 e. The molecule has 9 heteroatoms. The van der Waals surface area contributed by atoms with E-state index < -0.39 is 35.7 Å². The fourth-order valence-electron chi connectivity index (χ4n) is 5.33. The van der Waals surface area contributed by atoms with Crippen LogP contribution in [0.25, 0.3) is 0 Å². The molecule has 40 heavy (non-hydrogen) atoms. The molecular formula is C31H56N4O5. The molecule has 0 saturated heterocycles. The summed E-state index contributed by atoms with van der Waals surface area (Å²) in [6.07, 6.45) is 14.0. The van der Waals surface area contributed by atoms with Gasteiger partial charge in [-0.25, -0.2) is 14.6 Å². The smallest absolute Gasteiger partial charge is 0.408 e. The first kappa shape index (κ1) is 33.9. The molecule has 0 aromatic rings. The summed E-state index contributed by atoms with van der Waals surface area (Å²) in [6.45, 7) is 11.4. The maximum absolute atomic E-state index is 13.6. The molecule has 0 unspecified atom stereocenters. The lowest BCUT2D eigenvalue weighted by atomic mass is 9.95. The van der Waals surface area contributed by atoms with E-state index in [0.29, 0.717) is 18.9 Å². The Balaban J connectivity index is 2.17. The van der Waals surface area contributed by atoms with Gasteiger partial charge < -0.3 is 25.4 Å². The molecule has 0 spiro atoms. The van der Waals surface area contributed by atoms with Crippen molar-refractivity contribution in [3.63, 3.8) is 0 Å². The van der Waals surface area contributed by atoms with Crippen molar-refractivity contribution in [1.29, 1.82) is 0 Å².